The van der Waals surface area contributed by atoms with Gasteiger partial charge in [0.25, 0.3) is 15.9 Å². The Balaban J connectivity index is 1.54. The minimum atomic E-state index is -4.07. The van der Waals surface area contributed by atoms with E-state index in [1.54, 1.807) is 54.6 Å². The number of nitrogens with one attached hydrogen (secondary N) is 2. The highest BCUT2D eigenvalue weighted by Crippen LogP contribution is 2.37. The van der Waals surface area contributed by atoms with Crippen LogP contribution in [0.1, 0.15) is 26.3 Å². The molecule has 2 aromatic carbocycles. The molecular formula is C29H31N5O7S. The maximum absolute atomic E-state index is 13.3. The molecule has 0 aliphatic carbocycles. The predicted molar refractivity (Wildman–Crippen MR) is 156 cm³/mol. The first-order chi connectivity index (χ1) is 20.0. The fourth-order valence-electron chi connectivity index (χ4n) is 3.58. The van der Waals surface area contributed by atoms with Crippen LogP contribution in [0.4, 0.5) is 16.4 Å². The van der Waals surface area contributed by atoms with Gasteiger partial charge in [0.05, 0.1) is 12.0 Å². The lowest BCUT2D eigenvalue weighted by Crippen LogP contribution is -2.19. The van der Waals surface area contributed by atoms with Crippen molar-refractivity contribution in [1.29, 1.82) is 0 Å². The van der Waals surface area contributed by atoms with Crippen LogP contribution in [0.25, 0.3) is 0 Å². The van der Waals surface area contributed by atoms with Gasteiger partial charge in [-0.25, -0.2) is 23.2 Å². The van der Waals surface area contributed by atoms with Crippen LogP contribution in [0.5, 0.6) is 23.1 Å². The summed E-state index contributed by atoms with van der Waals surface area (Å²) in [5, 5.41) is 2.49. The zero-order valence-corrected chi connectivity index (χ0v) is 24.3. The average molecular weight is 594 g/mol. The van der Waals surface area contributed by atoms with E-state index in [9.17, 15) is 13.2 Å². The fraction of sp³-hybridized carbons (Fsp3) is 0.241. The number of amides is 1. The van der Waals surface area contributed by atoms with Gasteiger partial charge in [-0.3, -0.25) is 10.0 Å². The molecule has 0 spiro atoms. The monoisotopic (exact) mass is 593 g/mol. The number of carbonyl (C=O) groups is 1. The van der Waals surface area contributed by atoms with Gasteiger partial charge in [0, 0.05) is 12.3 Å². The summed E-state index contributed by atoms with van der Waals surface area (Å²) in [6, 6.07) is 18.3. The van der Waals surface area contributed by atoms with Crippen molar-refractivity contribution in [3.63, 3.8) is 0 Å². The number of anilines is 2. The minimum absolute atomic E-state index is 0.0382. The lowest BCUT2D eigenvalue weighted by atomic mass is 9.87. The normalized spacial score (nSPS) is 11.3. The van der Waals surface area contributed by atoms with Crippen molar-refractivity contribution < 1.29 is 32.2 Å². The van der Waals surface area contributed by atoms with Crippen molar-refractivity contribution in [2.45, 2.75) is 31.1 Å². The molecule has 1 amide bonds. The number of sulfonamides is 1. The summed E-state index contributed by atoms with van der Waals surface area (Å²) in [5.74, 6) is 0.825. The molecule has 0 atom stereocenters. The Bertz CT molecular complexity index is 1610. The van der Waals surface area contributed by atoms with E-state index in [4.69, 9.17) is 18.9 Å². The summed E-state index contributed by atoms with van der Waals surface area (Å²) in [6.45, 7) is 5.84. The molecule has 4 rings (SSSR count). The summed E-state index contributed by atoms with van der Waals surface area (Å²) < 4.78 is 51.2. The smallest absolute Gasteiger partial charge is 0.412 e. The van der Waals surface area contributed by atoms with Gasteiger partial charge in [-0.15, -0.1) is 0 Å². The van der Waals surface area contributed by atoms with Gasteiger partial charge in [-0.2, -0.15) is 4.98 Å². The second-order valence-electron chi connectivity index (χ2n) is 9.84. The van der Waals surface area contributed by atoms with E-state index < -0.39 is 16.1 Å². The van der Waals surface area contributed by atoms with Gasteiger partial charge in [0.2, 0.25) is 5.75 Å². The van der Waals surface area contributed by atoms with Gasteiger partial charge in [-0.1, -0.05) is 45.0 Å². The second-order valence-corrected chi connectivity index (χ2v) is 11.5. The molecule has 0 unspecified atom stereocenters. The zero-order valence-electron chi connectivity index (χ0n) is 23.5. The van der Waals surface area contributed by atoms with Crippen LogP contribution in [0.2, 0.25) is 0 Å². The molecule has 0 fully saturated rings. The van der Waals surface area contributed by atoms with E-state index in [2.05, 4.69) is 25.0 Å². The largest absolute Gasteiger partial charge is 0.497 e. The Morgan fingerprint density at radius 2 is 1.67 bits per heavy atom. The van der Waals surface area contributed by atoms with E-state index >= 15 is 0 Å². The van der Waals surface area contributed by atoms with Crippen molar-refractivity contribution in [2.24, 2.45) is 0 Å². The number of pyridine rings is 1. The number of rotatable bonds is 11. The Hall–Kier alpha value is -4.91. The van der Waals surface area contributed by atoms with Crippen molar-refractivity contribution in [2.75, 3.05) is 30.4 Å². The fourth-order valence-corrected chi connectivity index (χ4v) is 4.59. The molecule has 0 saturated carbocycles. The average Bonchev–Trinajstić information content (AvgIpc) is 2.97. The summed E-state index contributed by atoms with van der Waals surface area (Å²) in [6.07, 6.45) is 1.94. The first-order valence-corrected chi connectivity index (χ1v) is 14.3. The molecule has 2 heterocycles. The summed E-state index contributed by atoms with van der Waals surface area (Å²) >= 11 is 0. The quantitative estimate of drug-likeness (QED) is 0.216. The highest BCUT2D eigenvalue weighted by atomic mass is 32.2. The third-order valence-corrected chi connectivity index (χ3v) is 7.10. The molecule has 2 N–H and O–H groups in total. The number of nitrogens with zero attached hydrogens (tertiary/aromatic N) is 3. The predicted octanol–water partition coefficient (Wildman–Crippen LogP) is 5.40. The van der Waals surface area contributed by atoms with Crippen LogP contribution in [0.3, 0.4) is 0 Å². The van der Waals surface area contributed by atoms with E-state index in [0.717, 1.165) is 11.9 Å². The summed E-state index contributed by atoms with van der Waals surface area (Å²) in [5.41, 5.74) is 0.840. The van der Waals surface area contributed by atoms with Crippen molar-refractivity contribution in [1.82, 2.24) is 15.0 Å². The Morgan fingerprint density at radius 3 is 2.36 bits per heavy atom. The second kappa shape index (κ2) is 13.2. The minimum Gasteiger partial charge on any atom is -0.497 e. The van der Waals surface area contributed by atoms with Crippen LogP contribution in [-0.2, 0) is 20.2 Å². The molecule has 0 aliphatic rings. The lowest BCUT2D eigenvalue weighted by Gasteiger charge is -2.19. The van der Waals surface area contributed by atoms with Gasteiger partial charge >= 0.3 is 6.09 Å². The number of aromatic nitrogens is 3. The van der Waals surface area contributed by atoms with Crippen LogP contribution in [-0.4, -0.2) is 49.8 Å². The first-order valence-electron chi connectivity index (χ1n) is 12.8. The van der Waals surface area contributed by atoms with Crippen LogP contribution in [0, 0.1) is 0 Å². The van der Waals surface area contributed by atoms with E-state index in [1.807, 2.05) is 20.8 Å². The van der Waals surface area contributed by atoms with E-state index in [0.29, 0.717) is 17.3 Å². The third kappa shape index (κ3) is 8.07. The van der Waals surface area contributed by atoms with Gasteiger partial charge in [0.1, 0.15) is 36.9 Å². The molecule has 0 bridgehead atoms. The molecule has 0 radical (unpaired) electrons. The molecule has 4 aromatic rings. The highest BCUT2D eigenvalue weighted by Gasteiger charge is 2.23. The Kier molecular flexibility index (Phi) is 9.42. The van der Waals surface area contributed by atoms with Crippen molar-refractivity contribution in [3.05, 3.63) is 84.8 Å². The molecular weight excluding hydrogens is 562 g/mol. The maximum atomic E-state index is 13.3. The van der Waals surface area contributed by atoms with E-state index in [-0.39, 0.29) is 41.0 Å². The molecule has 220 valence electrons. The van der Waals surface area contributed by atoms with Crippen molar-refractivity contribution in [3.8, 4) is 23.1 Å². The molecule has 13 heteroatoms. The number of methoxy groups -OCH3 is 1. The summed E-state index contributed by atoms with van der Waals surface area (Å²) in [7, 11) is -2.56. The van der Waals surface area contributed by atoms with E-state index in [1.165, 1.54) is 25.4 Å². The SMILES string of the molecule is COc1cccc(Oc2c(NS(=O)(=O)c3ccc(C(C)(C)C)cc3)ncnc2OCCOC(=O)Nc2ccccn2)c1. The van der Waals surface area contributed by atoms with Gasteiger partial charge in [-0.05, 0) is 47.4 Å². The number of ether oxygens (including phenoxy) is 4. The summed E-state index contributed by atoms with van der Waals surface area (Å²) in [4.78, 5) is 24.3. The van der Waals surface area contributed by atoms with Crippen LogP contribution >= 0.6 is 0 Å². The number of hydrogen-bond donors (Lipinski definition) is 2. The number of carbonyl (C=O) groups excluding carboxylic acids is 1. The third-order valence-electron chi connectivity index (χ3n) is 5.74. The van der Waals surface area contributed by atoms with Crippen LogP contribution < -0.4 is 24.2 Å². The van der Waals surface area contributed by atoms with Crippen molar-refractivity contribution >= 4 is 27.8 Å². The van der Waals surface area contributed by atoms with Gasteiger partial charge in [0.15, 0.2) is 5.82 Å². The maximum Gasteiger partial charge on any atom is 0.412 e. The Labute approximate surface area is 244 Å². The molecule has 42 heavy (non-hydrogen) atoms. The molecule has 0 aliphatic heterocycles. The molecule has 12 nitrogen and oxygen atoms in total. The number of hydrogen-bond acceptors (Lipinski definition) is 10. The standard InChI is InChI=1S/C29H31N5O7S/c1-29(2,3)20-11-13-23(14-12-20)42(36,37)34-26-25(41-22-9-7-8-21(18-22)38-4)27(32-19-31-26)39-16-17-40-28(35)33-24-10-5-6-15-30-24/h5-15,18-19H,16-17H2,1-4H3,(H,30,33,35)(H,31,32,34). The lowest BCUT2D eigenvalue weighted by molar-refractivity contribution is 0.135. The van der Waals surface area contributed by atoms with Gasteiger partial charge < -0.3 is 18.9 Å². The molecule has 0 saturated heterocycles. The molecule has 2 aromatic heterocycles. The van der Waals surface area contributed by atoms with Crippen LogP contribution in [0.15, 0.2) is 84.1 Å². The topological polar surface area (TPSA) is 151 Å². The highest BCUT2D eigenvalue weighted by molar-refractivity contribution is 7.92. The zero-order chi connectivity index (χ0) is 30.2. The number of benzene rings is 2. The Morgan fingerprint density at radius 1 is 0.905 bits per heavy atom. The first kappa shape index (κ1) is 30.1.